The lowest BCUT2D eigenvalue weighted by Gasteiger charge is -2.30. The third-order valence-electron chi connectivity index (χ3n) is 3.27. The van der Waals surface area contributed by atoms with Gasteiger partial charge >= 0.3 is 0 Å². The Morgan fingerprint density at radius 3 is 2.80 bits per heavy atom. The van der Waals surface area contributed by atoms with Crippen LogP contribution in [0.4, 0.5) is 0 Å². The molecule has 0 aromatic heterocycles. The summed E-state index contributed by atoms with van der Waals surface area (Å²) in [5, 5.41) is 0. The summed E-state index contributed by atoms with van der Waals surface area (Å²) in [6, 6.07) is 0.677. The van der Waals surface area contributed by atoms with Gasteiger partial charge in [0.25, 0.3) is 0 Å². The summed E-state index contributed by atoms with van der Waals surface area (Å²) in [5.74, 6) is 0.275. The SMILES string of the molecule is CCN1C(=O)CCN(C(C)CN)CC1C. The second-order valence-electron chi connectivity index (χ2n) is 4.36. The fourth-order valence-corrected chi connectivity index (χ4v) is 2.20. The molecule has 4 nitrogen and oxygen atoms in total. The maximum Gasteiger partial charge on any atom is 0.224 e. The van der Waals surface area contributed by atoms with Crippen LogP contribution >= 0.6 is 0 Å². The number of rotatable bonds is 3. The summed E-state index contributed by atoms with van der Waals surface area (Å²) in [7, 11) is 0. The van der Waals surface area contributed by atoms with Crippen molar-refractivity contribution < 1.29 is 4.79 Å². The molecule has 1 heterocycles. The van der Waals surface area contributed by atoms with E-state index in [1.165, 1.54) is 0 Å². The molecule has 0 aliphatic carbocycles. The van der Waals surface area contributed by atoms with Gasteiger partial charge in [0.05, 0.1) is 0 Å². The van der Waals surface area contributed by atoms with Gasteiger partial charge in [-0.2, -0.15) is 0 Å². The van der Waals surface area contributed by atoms with Gasteiger partial charge in [0, 0.05) is 44.7 Å². The van der Waals surface area contributed by atoms with Gasteiger partial charge < -0.3 is 10.6 Å². The Labute approximate surface area is 92.4 Å². The first-order valence-electron chi connectivity index (χ1n) is 5.83. The standard InChI is InChI=1S/C11H23N3O/c1-4-14-10(3)8-13(9(2)7-12)6-5-11(14)15/h9-10H,4-8,12H2,1-3H3. The highest BCUT2D eigenvalue weighted by Crippen LogP contribution is 2.12. The molecule has 2 N–H and O–H groups in total. The van der Waals surface area contributed by atoms with Crippen molar-refractivity contribution in [3.63, 3.8) is 0 Å². The van der Waals surface area contributed by atoms with Crippen LogP contribution in [0.1, 0.15) is 27.2 Å². The number of nitrogens with zero attached hydrogens (tertiary/aromatic N) is 2. The Kier molecular flexibility index (Phi) is 4.54. The van der Waals surface area contributed by atoms with Gasteiger partial charge in [0.1, 0.15) is 0 Å². The molecule has 1 rings (SSSR count). The Balaban J connectivity index is 2.66. The topological polar surface area (TPSA) is 49.6 Å². The van der Waals surface area contributed by atoms with E-state index in [4.69, 9.17) is 5.73 Å². The van der Waals surface area contributed by atoms with Crippen molar-refractivity contribution in [2.24, 2.45) is 5.73 Å². The van der Waals surface area contributed by atoms with Gasteiger partial charge in [0.2, 0.25) is 5.91 Å². The van der Waals surface area contributed by atoms with Crippen molar-refractivity contribution in [2.75, 3.05) is 26.2 Å². The Morgan fingerprint density at radius 2 is 2.27 bits per heavy atom. The van der Waals surface area contributed by atoms with E-state index in [2.05, 4.69) is 18.7 Å². The van der Waals surface area contributed by atoms with E-state index < -0.39 is 0 Å². The predicted octanol–water partition coefficient (Wildman–Crippen LogP) is 0.276. The van der Waals surface area contributed by atoms with E-state index in [0.29, 0.717) is 25.0 Å². The fourth-order valence-electron chi connectivity index (χ4n) is 2.20. The first kappa shape index (κ1) is 12.5. The van der Waals surface area contributed by atoms with E-state index in [-0.39, 0.29) is 5.91 Å². The van der Waals surface area contributed by atoms with E-state index >= 15 is 0 Å². The van der Waals surface area contributed by atoms with Crippen LogP contribution in [-0.2, 0) is 4.79 Å². The van der Waals surface area contributed by atoms with Crippen LogP contribution in [0.25, 0.3) is 0 Å². The van der Waals surface area contributed by atoms with E-state index in [9.17, 15) is 4.79 Å². The minimum atomic E-state index is 0.275. The van der Waals surface area contributed by atoms with Gasteiger partial charge in [-0.05, 0) is 20.8 Å². The minimum absolute atomic E-state index is 0.275. The molecule has 88 valence electrons. The molecule has 1 amide bonds. The normalized spacial score (nSPS) is 26.5. The molecule has 0 aromatic rings. The monoisotopic (exact) mass is 213 g/mol. The van der Waals surface area contributed by atoms with Gasteiger partial charge in [0.15, 0.2) is 0 Å². The molecule has 2 atom stereocenters. The second-order valence-corrected chi connectivity index (χ2v) is 4.36. The zero-order valence-electron chi connectivity index (χ0n) is 10.1. The highest BCUT2D eigenvalue weighted by molar-refractivity contribution is 5.77. The Bertz CT molecular complexity index is 220. The zero-order valence-corrected chi connectivity index (χ0v) is 10.1. The highest BCUT2D eigenvalue weighted by atomic mass is 16.2. The Morgan fingerprint density at radius 1 is 1.60 bits per heavy atom. The molecule has 2 unspecified atom stereocenters. The van der Waals surface area contributed by atoms with E-state index in [0.717, 1.165) is 19.6 Å². The maximum absolute atomic E-state index is 11.8. The number of nitrogens with two attached hydrogens (primary N) is 1. The van der Waals surface area contributed by atoms with Gasteiger partial charge in [-0.15, -0.1) is 0 Å². The van der Waals surface area contributed by atoms with Crippen molar-refractivity contribution in [1.29, 1.82) is 0 Å². The smallest absolute Gasteiger partial charge is 0.224 e. The summed E-state index contributed by atoms with van der Waals surface area (Å²) in [6.45, 7) is 9.53. The van der Waals surface area contributed by atoms with Crippen LogP contribution in [0, 0.1) is 0 Å². The molecule has 0 radical (unpaired) electrons. The minimum Gasteiger partial charge on any atom is -0.339 e. The van der Waals surface area contributed by atoms with Gasteiger partial charge in [-0.25, -0.2) is 0 Å². The third-order valence-corrected chi connectivity index (χ3v) is 3.27. The van der Waals surface area contributed by atoms with Gasteiger partial charge in [-0.3, -0.25) is 9.69 Å². The Hall–Kier alpha value is -0.610. The molecule has 0 bridgehead atoms. The molecule has 1 fully saturated rings. The quantitative estimate of drug-likeness (QED) is 0.732. The average molecular weight is 213 g/mol. The summed E-state index contributed by atoms with van der Waals surface area (Å²) in [5.41, 5.74) is 5.66. The summed E-state index contributed by atoms with van der Waals surface area (Å²) < 4.78 is 0. The molecular formula is C11H23N3O. The molecule has 0 spiro atoms. The number of carbonyl (C=O) groups is 1. The molecular weight excluding hydrogens is 190 g/mol. The zero-order chi connectivity index (χ0) is 11.4. The van der Waals surface area contributed by atoms with Crippen LogP contribution in [-0.4, -0.2) is 54.0 Å². The summed E-state index contributed by atoms with van der Waals surface area (Å²) >= 11 is 0. The van der Waals surface area contributed by atoms with Crippen molar-refractivity contribution in [3.05, 3.63) is 0 Å². The number of hydrogen-bond donors (Lipinski definition) is 1. The van der Waals surface area contributed by atoms with E-state index in [1.807, 2.05) is 11.8 Å². The molecule has 0 saturated carbocycles. The van der Waals surface area contributed by atoms with Crippen LogP contribution in [0.5, 0.6) is 0 Å². The van der Waals surface area contributed by atoms with Crippen LogP contribution in [0.3, 0.4) is 0 Å². The lowest BCUT2D eigenvalue weighted by molar-refractivity contribution is -0.131. The number of likely N-dealkylation sites (N-methyl/N-ethyl adjacent to an activating group) is 1. The predicted molar refractivity (Wildman–Crippen MR) is 61.6 cm³/mol. The third kappa shape index (κ3) is 2.92. The number of hydrogen-bond acceptors (Lipinski definition) is 3. The van der Waals surface area contributed by atoms with Crippen molar-refractivity contribution in [2.45, 2.75) is 39.3 Å². The average Bonchev–Trinajstić information content (AvgIpc) is 2.36. The van der Waals surface area contributed by atoms with Crippen molar-refractivity contribution in [3.8, 4) is 0 Å². The molecule has 1 saturated heterocycles. The number of carbonyl (C=O) groups excluding carboxylic acids is 1. The van der Waals surface area contributed by atoms with Crippen molar-refractivity contribution >= 4 is 5.91 Å². The van der Waals surface area contributed by atoms with Crippen LogP contribution in [0.2, 0.25) is 0 Å². The molecule has 1 aliphatic heterocycles. The molecule has 1 aliphatic rings. The lowest BCUT2D eigenvalue weighted by atomic mass is 10.2. The summed E-state index contributed by atoms with van der Waals surface area (Å²) in [4.78, 5) is 16.1. The van der Waals surface area contributed by atoms with Crippen molar-refractivity contribution in [1.82, 2.24) is 9.80 Å². The highest BCUT2D eigenvalue weighted by Gasteiger charge is 2.27. The van der Waals surface area contributed by atoms with Crippen LogP contribution < -0.4 is 5.73 Å². The van der Waals surface area contributed by atoms with E-state index in [1.54, 1.807) is 0 Å². The number of amides is 1. The fraction of sp³-hybridized carbons (Fsp3) is 0.909. The first-order chi connectivity index (χ1) is 7.10. The molecule has 0 aromatic carbocycles. The van der Waals surface area contributed by atoms with Crippen LogP contribution in [0.15, 0.2) is 0 Å². The first-order valence-corrected chi connectivity index (χ1v) is 5.83. The van der Waals surface area contributed by atoms with Gasteiger partial charge in [-0.1, -0.05) is 0 Å². The lowest BCUT2D eigenvalue weighted by Crippen LogP contribution is -2.45. The summed E-state index contributed by atoms with van der Waals surface area (Å²) in [6.07, 6.45) is 0.627. The molecule has 15 heavy (non-hydrogen) atoms. The largest absolute Gasteiger partial charge is 0.339 e. The maximum atomic E-state index is 11.8. The second kappa shape index (κ2) is 5.47. The molecule has 4 heteroatoms.